The lowest BCUT2D eigenvalue weighted by Crippen LogP contribution is -2.27. The van der Waals surface area contributed by atoms with Gasteiger partial charge in [-0.1, -0.05) is 11.6 Å². The van der Waals surface area contributed by atoms with E-state index in [0.717, 1.165) is 20.7 Å². The third-order valence-corrected chi connectivity index (χ3v) is 7.24. The van der Waals surface area contributed by atoms with Crippen LogP contribution in [0.2, 0.25) is 5.02 Å². The molecule has 1 N–H and O–H groups in total. The van der Waals surface area contributed by atoms with Gasteiger partial charge in [-0.3, -0.25) is 0 Å². The van der Waals surface area contributed by atoms with Crippen LogP contribution in [0, 0.1) is 34.6 Å². The first-order chi connectivity index (χ1) is 11.6. The molecule has 0 atom stereocenters. The number of rotatable bonds is 2. The number of nitrogens with one attached hydrogen (secondary N) is 1. The minimum absolute atomic E-state index is 0.177. The van der Waals surface area contributed by atoms with Crippen LogP contribution in [-0.2, 0) is 10.0 Å². The SMILES string of the molecule is Cc1c(C)c(C)c(S(=O)(=O)n2c(=O)[nH]c3ccc(Cl)cc32)c(C)c1C. The van der Waals surface area contributed by atoms with Crippen LogP contribution < -0.4 is 5.69 Å². The molecule has 0 saturated heterocycles. The van der Waals surface area contributed by atoms with E-state index in [9.17, 15) is 13.2 Å². The number of halogens is 1. The highest BCUT2D eigenvalue weighted by atomic mass is 35.5. The van der Waals surface area contributed by atoms with Gasteiger partial charge in [0.15, 0.2) is 0 Å². The Labute approximate surface area is 151 Å². The second-order valence-corrected chi connectivity index (χ2v) is 8.48. The molecule has 1 heterocycles. The molecule has 0 aliphatic rings. The fraction of sp³-hybridized carbons (Fsp3) is 0.278. The maximum atomic E-state index is 13.4. The Kier molecular flexibility index (Phi) is 4.08. The summed E-state index contributed by atoms with van der Waals surface area (Å²) in [6.45, 7) is 9.30. The largest absolute Gasteiger partial charge is 0.340 e. The molecule has 0 aliphatic carbocycles. The monoisotopic (exact) mass is 378 g/mol. The molecular weight excluding hydrogens is 360 g/mol. The summed E-state index contributed by atoms with van der Waals surface area (Å²) in [7, 11) is -4.08. The van der Waals surface area contributed by atoms with E-state index in [0.29, 0.717) is 21.7 Å². The van der Waals surface area contributed by atoms with Crippen LogP contribution in [-0.4, -0.2) is 17.4 Å². The van der Waals surface area contributed by atoms with Gasteiger partial charge in [-0.2, -0.15) is 3.97 Å². The molecule has 0 fully saturated rings. The average Bonchev–Trinajstić information content (AvgIpc) is 2.86. The molecule has 1 aromatic heterocycles. The second-order valence-electron chi connectivity index (χ2n) is 6.32. The maximum Gasteiger partial charge on any atom is 0.340 e. The zero-order chi connectivity index (χ0) is 18.7. The first-order valence-electron chi connectivity index (χ1n) is 7.80. The maximum absolute atomic E-state index is 13.4. The molecule has 132 valence electrons. The van der Waals surface area contributed by atoms with Gasteiger partial charge in [0.2, 0.25) is 0 Å². The Morgan fingerprint density at radius 1 is 0.920 bits per heavy atom. The molecule has 2 aromatic carbocycles. The van der Waals surface area contributed by atoms with E-state index in [2.05, 4.69) is 4.98 Å². The molecule has 5 nitrogen and oxygen atoms in total. The number of fused-ring (bicyclic) bond motifs is 1. The fourth-order valence-corrected chi connectivity index (χ4v) is 5.34. The summed E-state index contributed by atoms with van der Waals surface area (Å²) in [6.07, 6.45) is 0. The molecule has 3 rings (SSSR count). The number of benzene rings is 2. The quantitative estimate of drug-likeness (QED) is 0.737. The minimum atomic E-state index is -4.08. The Morgan fingerprint density at radius 2 is 1.44 bits per heavy atom. The molecule has 0 saturated carbocycles. The highest BCUT2D eigenvalue weighted by Gasteiger charge is 2.28. The summed E-state index contributed by atoms with van der Waals surface area (Å²) < 4.78 is 27.6. The lowest BCUT2D eigenvalue weighted by Gasteiger charge is -2.19. The Bertz CT molecular complexity index is 1160. The van der Waals surface area contributed by atoms with Crippen LogP contribution >= 0.6 is 11.6 Å². The Hall–Kier alpha value is -2.05. The van der Waals surface area contributed by atoms with Crippen molar-refractivity contribution in [2.75, 3.05) is 0 Å². The van der Waals surface area contributed by atoms with Crippen LogP contribution in [0.3, 0.4) is 0 Å². The summed E-state index contributed by atoms with van der Waals surface area (Å²) in [5.41, 5.74) is 4.16. The predicted molar refractivity (Wildman–Crippen MR) is 100 cm³/mol. The van der Waals surface area contributed by atoms with E-state index >= 15 is 0 Å². The van der Waals surface area contributed by atoms with Crippen molar-refractivity contribution in [3.63, 3.8) is 0 Å². The molecule has 0 bridgehead atoms. The van der Waals surface area contributed by atoms with E-state index in [1.54, 1.807) is 26.0 Å². The smallest absolute Gasteiger partial charge is 0.305 e. The van der Waals surface area contributed by atoms with Crippen molar-refractivity contribution >= 4 is 32.7 Å². The number of H-pyrrole nitrogens is 1. The van der Waals surface area contributed by atoms with Gasteiger partial charge in [0.25, 0.3) is 10.0 Å². The highest BCUT2D eigenvalue weighted by molar-refractivity contribution is 7.90. The molecule has 0 unspecified atom stereocenters. The third kappa shape index (κ3) is 2.51. The van der Waals surface area contributed by atoms with Gasteiger partial charge < -0.3 is 4.98 Å². The standard InChI is InChI=1S/C18H19ClN2O3S/c1-9-10(2)12(4)17(13(5)11(9)3)25(23,24)21-16-8-14(19)6-7-15(16)20-18(21)22/h6-8H,1-5H3,(H,20,22). The van der Waals surface area contributed by atoms with Crippen molar-refractivity contribution in [3.8, 4) is 0 Å². The van der Waals surface area contributed by atoms with Gasteiger partial charge in [0.1, 0.15) is 0 Å². The highest BCUT2D eigenvalue weighted by Crippen LogP contribution is 2.31. The van der Waals surface area contributed by atoms with Gasteiger partial charge in [0, 0.05) is 5.02 Å². The molecular formula is C18H19ClN2O3S. The van der Waals surface area contributed by atoms with E-state index in [1.807, 2.05) is 20.8 Å². The summed E-state index contributed by atoms with van der Waals surface area (Å²) in [6, 6.07) is 4.68. The zero-order valence-electron chi connectivity index (χ0n) is 14.7. The van der Waals surface area contributed by atoms with Crippen molar-refractivity contribution in [2.45, 2.75) is 39.5 Å². The van der Waals surface area contributed by atoms with Crippen molar-refractivity contribution < 1.29 is 8.42 Å². The van der Waals surface area contributed by atoms with Crippen LogP contribution in [0.4, 0.5) is 0 Å². The number of aromatic nitrogens is 2. The first kappa shape index (κ1) is 17.8. The molecule has 3 aromatic rings. The number of nitrogens with zero attached hydrogens (tertiary/aromatic N) is 1. The summed E-state index contributed by atoms with van der Waals surface area (Å²) in [4.78, 5) is 15.2. The van der Waals surface area contributed by atoms with E-state index < -0.39 is 15.7 Å². The first-order valence-corrected chi connectivity index (χ1v) is 9.62. The normalized spacial score (nSPS) is 12.1. The summed E-state index contributed by atoms with van der Waals surface area (Å²) in [5.74, 6) is 0. The van der Waals surface area contributed by atoms with Crippen molar-refractivity contribution in [1.82, 2.24) is 8.96 Å². The van der Waals surface area contributed by atoms with Crippen LogP contribution in [0.15, 0.2) is 27.9 Å². The number of aromatic amines is 1. The number of imidazole rings is 1. The molecule has 25 heavy (non-hydrogen) atoms. The predicted octanol–water partition coefficient (Wildman–Crippen LogP) is 3.76. The van der Waals surface area contributed by atoms with E-state index in [1.165, 1.54) is 6.07 Å². The van der Waals surface area contributed by atoms with Gasteiger partial charge in [0.05, 0.1) is 15.9 Å². The molecule has 0 amide bonds. The van der Waals surface area contributed by atoms with Gasteiger partial charge in [-0.05, 0) is 80.6 Å². The lowest BCUT2D eigenvalue weighted by molar-refractivity contribution is 0.585. The summed E-state index contributed by atoms with van der Waals surface area (Å²) in [5, 5.41) is 0.361. The Balaban J connectivity index is 2.47. The van der Waals surface area contributed by atoms with E-state index in [-0.39, 0.29) is 10.4 Å². The van der Waals surface area contributed by atoms with Gasteiger partial charge in [-0.25, -0.2) is 13.2 Å². The van der Waals surface area contributed by atoms with Crippen LogP contribution in [0.5, 0.6) is 0 Å². The fourth-order valence-electron chi connectivity index (χ4n) is 3.24. The zero-order valence-corrected chi connectivity index (χ0v) is 16.3. The number of hydrogen-bond acceptors (Lipinski definition) is 3. The molecule has 0 radical (unpaired) electrons. The van der Waals surface area contributed by atoms with Gasteiger partial charge in [-0.15, -0.1) is 0 Å². The lowest BCUT2D eigenvalue weighted by atomic mass is 9.95. The third-order valence-electron chi connectivity index (χ3n) is 5.03. The topological polar surface area (TPSA) is 71.9 Å². The molecule has 7 heteroatoms. The minimum Gasteiger partial charge on any atom is -0.305 e. The van der Waals surface area contributed by atoms with E-state index in [4.69, 9.17) is 11.6 Å². The van der Waals surface area contributed by atoms with Gasteiger partial charge >= 0.3 is 5.69 Å². The Morgan fingerprint density at radius 3 is 2.00 bits per heavy atom. The average molecular weight is 379 g/mol. The van der Waals surface area contributed by atoms with Crippen molar-refractivity contribution in [2.24, 2.45) is 0 Å². The van der Waals surface area contributed by atoms with Crippen molar-refractivity contribution in [3.05, 3.63) is 61.5 Å². The second kappa shape index (κ2) is 5.75. The van der Waals surface area contributed by atoms with Crippen LogP contribution in [0.1, 0.15) is 27.8 Å². The van der Waals surface area contributed by atoms with Crippen LogP contribution in [0.25, 0.3) is 11.0 Å². The number of hydrogen-bond donors (Lipinski definition) is 1. The molecule has 0 spiro atoms. The summed E-state index contributed by atoms with van der Waals surface area (Å²) >= 11 is 6.01. The van der Waals surface area contributed by atoms with Crippen molar-refractivity contribution in [1.29, 1.82) is 0 Å². The molecule has 0 aliphatic heterocycles.